The molecule has 2 rings (SSSR count). The van der Waals surface area contributed by atoms with Gasteiger partial charge < -0.3 is 10.6 Å². The van der Waals surface area contributed by atoms with Gasteiger partial charge in [0.15, 0.2) is 0 Å². The summed E-state index contributed by atoms with van der Waals surface area (Å²) in [6.45, 7) is 3.01. The Labute approximate surface area is 121 Å². The number of rotatable bonds is 4. The first-order chi connectivity index (χ1) is 9.79. The van der Waals surface area contributed by atoms with Crippen LogP contribution in [0.5, 0.6) is 0 Å². The zero-order valence-corrected chi connectivity index (χ0v) is 11.8. The lowest BCUT2D eigenvalue weighted by Crippen LogP contribution is -2.43. The number of nitrogens with zero attached hydrogens (tertiary/aromatic N) is 1. The molecular weight excluding hydrogens is 277 g/mol. The molecule has 0 spiro atoms. The van der Waals surface area contributed by atoms with E-state index < -0.39 is 23.4 Å². The summed E-state index contributed by atoms with van der Waals surface area (Å²) in [5, 5.41) is 5.07. The quantitative estimate of drug-likeness (QED) is 0.805. The first-order valence-electron chi connectivity index (χ1n) is 6.45. The van der Waals surface area contributed by atoms with Crippen LogP contribution in [0.1, 0.15) is 19.4 Å². The maximum absolute atomic E-state index is 12.7. The van der Waals surface area contributed by atoms with Gasteiger partial charge in [-0.15, -0.1) is 0 Å². The van der Waals surface area contributed by atoms with Crippen LogP contribution in [0.4, 0.5) is 9.18 Å². The maximum atomic E-state index is 12.7. The number of hydrogen-bond acceptors (Lipinski definition) is 3. The molecule has 1 heterocycles. The summed E-state index contributed by atoms with van der Waals surface area (Å²) in [5.41, 5.74) is -0.267. The zero-order chi connectivity index (χ0) is 15.6. The van der Waals surface area contributed by atoms with Gasteiger partial charge in [0, 0.05) is 6.54 Å². The number of halogens is 1. The molecule has 1 fully saturated rings. The van der Waals surface area contributed by atoms with Gasteiger partial charge in [-0.25, -0.2) is 9.18 Å². The predicted molar refractivity (Wildman–Crippen MR) is 72.6 cm³/mol. The first-order valence-corrected chi connectivity index (χ1v) is 6.45. The van der Waals surface area contributed by atoms with E-state index in [-0.39, 0.29) is 18.9 Å². The Hall–Kier alpha value is -2.44. The van der Waals surface area contributed by atoms with Crippen LogP contribution < -0.4 is 10.6 Å². The van der Waals surface area contributed by atoms with Crippen LogP contribution in [-0.2, 0) is 16.1 Å². The fourth-order valence-corrected chi connectivity index (χ4v) is 1.96. The molecule has 1 aromatic rings. The molecule has 0 aliphatic carbocycles. The highest BCUT2D eigenvalue weighted by Gasteiger charge is 2.44. The minimum Gasteiger partial charge on any atom is -0.350 e. The highest BCUT2D eigenvalue weighted by atomic mass is 19.1. The van der Waals surface area contributed by atoms with Crippen molar-refractivity contribution in [2.24, 2.45) is 0 Å². The second-order valence-electron chi connectivity index (χ2n) is 5.35. The van der Waals surface area contributed by atoms with Crippen LogP contribution in [0.2, 0.25) is 0 Å². The number of imide groups is 1. The van der Waals surface area contributed by atoms with Gasteiger partial charge in [0.25, 0.3) is 5.91 Å². The number of hydrogen-bond donors (Lipinski definition) is 2. The summed E-state index contributed by atoms with van der Waals surface area (Å²) in [6, 6.07) is 5.10. The van der Waals surface area contributed by atoms with Crippen molar-refractivity contribution in [2.75, 3.05) is 6.54 Å². The van der Waals surface area contributed by atoms with Crippen LogP contribution in [-0.4, -0.2) is 34.8 Å². The second kappa shape index (κ2) is 5.51. The standard InChI is InChI=1S/C14H16FN3O3/c1-14(2)12(20)18(13(21)17-14)8-11(19)16-7-9-3-5-10(15)6-4-9/h3-6H,7-8H2,1-2H3,(H,16,19)(H,17,21). The summed E-state index contributed by atoms with van der Waals surface area (Å²) in [7, 11) is 0. The van der Waals surface area contributed by atoms with Crippen molar-refractivity contribution < 1.29 is 18.8 Å². The van der Waals surface area contributed by atoms with Crippen molar-refractivity contribution in [1.82, 2.24) is 15.5 Å². The number of carbonyl (C=O) groups excluding carboxylic acids is 3. The summed E-state index contributed by atoms with van der Waals surface area (Å²) in [5.74, 6) is -1.25. The molecule has 1 saturated heterocycles. The van der Waals surface area contributed by atoms with Crippen molar-refractivity contribution in [1.29, 1.82) is 0 Å². The molecule has 0 radical (unpaired) electrons. The Kier molecular flexibility index (Phi) is 3.93. The summed E-state index contributed by atoms with van der Waals surface area (Å²) < 4.78 is 12.7. The molecule has 0 unspecified atom stereocenters. The Morgan fingerprint density at radius 3 is 2.43 bits per heavy atom. The molecule has 4 amide bonds. The lowest BCUT2D eigenvalue weighted by atomic mass is 10.1. The highest BCUT2D eigenvalue weighted by Crippen LogP contribution is 2.15. The first kappa shape index (κ1) is 15.0. The molecule has 0 saturated carbocycles. The molecule has 21 heavy (non-hydrogen) atoms. The highest BCUT2D eigenvalue weighted by molar-refractivity contribution is 6.08. The monoisotopic (exact) mass is 293 g/mol. The number of urea groups is 1. The van der Waals surface area contributed by atoms with Crippen molar-refractivity contribution in [2.45, 2.75) is 25.9 Å². The average molecular weight is 293 g/mol. The molecule has 0 atom stereocenters. The van der Waals surface area contributed by atoms with Crippen LogP contribution >= 0.6 is 0 Å². The van der Waals surface area contributed by atoms with Crippen LogP contribution in [0.25, 0.3) is 0 Å². The van der Waals surface area contributed by atoms with E-state index in [1.54, 1.807) is 26.0 Å². The molecule has 0 bridgehead atoms. The van der Waals surface area contributed by atoms with E-state index in [0.717, 1.165) is 10.5 Å². The third-order valence-electron chi connectivity index (χ3n) is 3.15. The van der Waals surface area contributed by atoms with Gasteiger partial charge in [-0.05, 0) is 31.5 Å². The van der Waals surface area contributed by atoms with Gasteiger partial charge in [0.05, 0.1) is 0 Å². The smallest absolute Gasteiger partial charge is 0.325 e. The van der Waals surface area contributed by atoms with Gasteiger partial charge >= 0.3 is 6.03 Å². The van der Waals surface area contributed by atoms with E-state index in [2.05, 4.69) is 10.6 Å². The molecular formula is C14H16FN3O3. The molecule has 6 nitrogen and oxygen atoms in total. The van der Waals surface area contributed by atoms with Crippen molar-refractivity contribution >= 4 is 17.8 Å². The van der Waals surface area contributed by atoms with Crippen LogP contribution in [0.3, 0.4) is 0 Å². The fraction of sp³-hybridized carbons (Fsp3) is 0.357. The number of benzene rings is 1. The molecule has 1 aromatic carbocycles. The number of nitrogens with one attached hydrogen (secondary N) is 2. The minimum atomic E-state index is -0.992. The Bertz CT molecular complexity index is 584. The molecule has 2 N–H and O–H groups in total. The summed E-state index contributed by atoms with van der Waals surface area (Å²) >= 11 is 0. The van der Waals surface area contributed by atoms with Gasteiger partial charge in [-0.2, -0.15) is 0 Å². The third kappa shape index (κ3) is 3.36. The summed E-state index contributed by atoms with van der Waals surface area (Å²) in [6.07, 6.45) is 0. The van der Waals surface area contributed by atoms with Gasteiger partial charge in [0.2, 0.25) is 5.91 Å². The van der Waals surface area contributed by atoms with E-state index in [9.17, 15) is 18.8 Å². The Balaban J connectivity index is 1.89. The lowest BCUT2D eigenvalue weighted by Gasteiger charge is -2.15. The topological polar surface area (TPSA) is 78.5 Å². The van der Waals surface area contributed by atoms with Gasteiger partial charge in [0.1, 0.15) is 17.9 Å². The summed E-state index contributed by atoms with van der Waals surface area (Å²) in [4.78, 5) is 36.2. The van der Waals surface area contributed by atoms with Gasteiger partial charge in [-0.1, -0.05) is 12.1 Å². The van der Waals surface area contributed by atoms with E-state index in [4.69, 9.17) is 0 Å². The molecule has 1 aliphatic heterocycles. The maximum Gasteiger partial charge on any atom is 0.325 e. The van der Waals surface area contributed by atoms with E-state index in [1.807, 2.05) is 0 Å². The molecule has 0 aromatic heterocycles. The average Bonchev–Trinajstić information content (AvgIpc) is 2.60. The lowest BCUT2D eigenvalue weighted by molar-refractivity contribution is -0.134. The van der Waals surface area contributed by atoms with Crippen molar-refractivity contribution in [3.63, 3.8) is 0 Å². The SMILES string of the molecule is CC1(C)NC(=O)N(CC(=O)NCc2ccc(F)cc2)C1=O. The molecule has 112 valence electrons. The predicted octanol–water partition coefficient (Wildman–Crippen LogP) is 0.772. The Morgan fingerprint density at radius 1 is 1.29 bits per heavy atom. The number of amides is 4. The van der Waals surface area contributed by atoms with Crippen molar-refractivity contribution in [3.8, 4) is 0 Å². The van der Waals surface area contributed by atoms with E-state index in [1.165, 1.54) is 12.1 Å². The van der Waals surface area contributed by atoms with Crippen LogP contribution in [0, 0.1) is 5.82 Å². The normalized spacial score (nSPS) is 16.8. The Morgan fingerprint density at radius 2 is 1.90 bits per heavy atom. The van der Waals surface area contributed by atoms with Crippen LogP contribution in [0.15, 0.2) is 24.3 Å². The third-order valence-corrected chi connectivity index (χ3v) is 3.15. The van der Waals surface area contributed by atoms with Gasteiger partial charge in [-0.3, -0.25) is 14.5 Å². The molecule has 1 aliphatic rings. The zero-order valence-electron chi connectivity index (χ0n) is 11.8. The van der Waals surface area contributed by atoms with E-state index in [0.29, 0.717) is 0 Å². The fourth-order valence-electron chi connectivity index (χ4n) is 1.96. The second-order valence-corrected chi connectivity index (χ2v) is 5.35. The van der Waals surface area contributed by atoms with E-state index >= 15 is 0 Å². The number of carbonyl (C=O) groups is 3. The largest absolute Gasteiger partial charge is 0.350 e. The minimum absolute atomic E-state index is 0.201. The molecule has 7 heteroatoms. The van der Waals surface area contributed by atoms with Crippen molar-refractivity contribution in [3.05, 3.63) is 35.6 Å².